The first kappa shape index (κ1) is 16.3. The third kappa shape index (κ3) is 3.56. The summed E-state index contributed by atoms with van der Waals surface area (Å²) in [5, 5.41) is 3.21. The molecule has 1 heterocycles. The van der Waals surface area contributed by atoms with Crippen molar-refractivity contribution in [1.29, 1.82) is 0 Å². The number of anilines is 1. The van der Waals surface area contributed by atoms with Crippen LogP contribution in [0.5, 0.6) is 0 Å². The second-order valence-electron chi connectivity index (χ2n) is 5.94. The molecule has 2 rings (SSSR count). The van der Waals surface area contributed by atoms with Gasteiger partial charge in [0.2, 0.25) is 10.0 Å². The first-order valence-corrected chi connectivity index (χ1v) is 8.72. The monoisotopic (exact) mass is 312 g/mol. The lowest BCUT2D eigenvalue weighted by molar-refractivity contribution is 0.178. The Labute approximate surface area is 127 Å². The van der Waals surface area contributed by atoms with E-state index in [0.29, 0.717) is 24.5 Å². The zero-order valence-electron chi connectivity index (χ0n) is 13.1. The number of rotatable bonds is 5. The van der Waals surface area contributed by atoms with E-state index in [1.807, 2.05) is 39.8 Å². The van der Waals surface area contributed by atoms with E-state index in [9.17, 15) is 8.42 Å². The largest absolute Gasteiger partial charge is 0.385 e. The maximum atomic E-state index is 12.7. The van der Waals surface area contributed by atoms with Gasteiger partial charge in [-0.15, -0.1) is 0 Å². The molecule has 0 radical (unpaired) electrons. The van der Waals surface area contributed by atoms with E-state index in [1.54, 1.807) is 0 Å². The smallest absolute Gasteiger partial charge is 0.241 e. The molecule has 1 aromatic carbocycles. The van der Waals surface area contributed by atoms with Gasteiger partial charge in [0, 0.05) is 18.8 Å². The Kier molecular flexibility index (Phi) is 4.60. The van der Waals surface area contributed by atoms with Crippen LogP contribution in [0.1, 0.15) is 31.4 Å². The fraction of sp³-hybridized carbons (Fsp3) is 0.600. The first-order chi connectivity index (χ1) is 9.77. The molecule has 0 spiro atoms. The van der Waals surface area contributed by atoms with Crippen LogP contribution in [0.25, 0.3) is 0 Å². The molecule has 1 atom stereocenters. The molecule has 1 aromatic rings. The normalized spacial score (nSPS) is 22.5. The van der Waals surface area contributed by atoms with E-state index in [0.717, 1.165) is 23.4 Å². The average Bonchev–Trinajstić information content (AvgIpc) is 2.73. The van der Waals surface area contributed by atoms with Crippen LogP contribution in [0.3, 0.4) is 0 Å². The second-order valence-corrected chi connectivity index (χ2v) is 7.56. The van der Waals surface area contributed by atoms with Crippen LogP contribution < -0.4 is 10.0 Å². The van der Waals surface area contributed by atoms with Crippen molar-refractivity contribution in [3.05, 3.63) is 23.3 Å². The fourth-order valence-corrected chi connectivity index (χ4v) is 4.68. The summed E-state index contributed by atoms with van der Waals surface area (Å²) in [6.07, 6.45) is 0.694. The third-order valence-corrected chi connectivity index (χ3v) is 5.65. The molecule has 0 bridgehead atoms. The predicted molar refractivity (Wildman–Crippen MR) is 84.2 cm³/mol. The molecule has 0 aromatic heterocycles. The summed E-state index contributed by atoms with van der Waals surface area (Å²) in [6.45, 7) is 9.37. The second kappa shape index (κ2) is 5.94. The fourth-order valence-electron chi connectivity index (χ4n) is 2.80. The minimum absolute atomic E-state index is 0.372. The zero-order valence-corrected chi connectivity index (χ0v) is 13.9. The molecule has 1 saturated heterocycles. The van der Waals surface area contributed by atoms with Gasteiger partial charge in [-0.05, 0) is 57.4 Å². The number of sulfonamides is 1. The highest BCUT2D eigenvalue weighted by atomic mass is 32.2. The lowest BCUT2D eigenvalue weighted by atomic mass is 10.0. The number of ether oxygens (including phenoxy) is 1. The van der Waals surface area contributed by atoms with E-state index < -0.39 is 15.6 Å². The molecular weight excluding hydrogens is 288 g/mol. The Bertz CT molecular complexity index is 597. The minimum atomic E-state index is -3.55. The van der Waals surface area contributed by atoms with Gasteiger partial charge in [-0.3, -0.25) is 0 Å². The van der Waals surface area contributed by atoms with Gasteiger partial charge in [-0.1, -0.05) is 0 Å². The molecule has 1 aliphatic rings. The van der Waals surface area contributed by atoms with Crippen LogP contribution >= 0.6 is 0 Å². The highest BCUT2D eigenvalue weighted by Crippen LogP contribution is 2.27. The van der Waals surface area contributed by atoms with Gasteiger partial charge >= 0.3 is 0 Å². The lowest BCUT2D eigenvalue weighted by Crippen LogP contribution is -2.46. The quantitative estimate of drug-likeness (QED) is 0.874. The van der Waals surface area contributed by atoms with Crippen LogP contribution in [0, 0.1) is 13.8 Å². The highest BCUT2D eigenvalue weighted by Gasteiger charge is 2.35. The molecule has 2 N–H and O–H groups in total. The van der Waals surface area contributed by atoms with Crippen LogP contribution in [0.2, 0.25) is 0 Å². The standard InChI is InChI=1S/C15H24N2O3S/c1-5-16-13-8-11(2)14(12(3)9-13)21(18,19)17-15(4)6-7-20-10-15/h8-9,16-17H,5-7,10H2,1-4H3. The summed E-state index contributed by atoms with van der Waals surface area (Å²) in [5.74, 6) is 0. The number of hydrogen-bond acceptors (Lipinski definition) is 4. The van der Waals surface area contributed by atoms with Gasteiger partial charge in [0.05, 0.1) is 17.0 Å². The van der Waals surface area contributed by atoms with Gasteiger partial charge in [-0.25, -0.2) is 13.1 Å². The van der Waals surface area contributed by atoms with Crippen molar-refractivity contribution in [1.82, 2.24) is 4.72 Å². The Morgan fingerprint density at radius 1 is 1.29 bits per heavy atom. The van der Waals surface area contributed by atoms with E-state index in [2.05, 4.69) is 10.0 Å². The number of hydrogen-bond donors (Lipinski definition) is 2. The van der Waals surface area contributed by atoms with Crippen LogP contribution in [-0.4, -0.2) is 33.7 Å². The third-order valence-electron chi connectivity index (χ3n) is 3.71. The Hall–Kier alpha value is -1.11. The van der Waals surface area contributed by atoms with Gasteiger partial charge in [-0.2, -0.15) is 0 Å². The molecule has 6 heteroatoms. The Morgan fingerprint density at radius 2 is 1.90 bits per heavy atom. The first-order valence-electron chi connectivity index (χ1n) is 7.24. The molecule has 21 heavy (non-hydrogen) atoms. The van der Waals surface area contributed by atoms with E-state index in [4.69, 9.17) is 4.74 Å². The van der Waals surface area contributed by atoms with Crippen LogP contribution in [-0.2, 0) is 14.8 Å². The minimum Gasteiger partial charge on any atom is -0.385 e. The summed E-state index contributed by atoms with van der Waals surface area (Å²) in [4.78, 5) is 0.372. The summed E-state index contributed by atoms with van der Waals surface area (Å²) in [6, 6.07) is 3.75. The number of nitrogens with one attached hydrogen (secondary N) is 2. The van der Waals surface area contributed by atoms with Crippen LogP contribution in [0.15, 0.2) is 17.0 Å². The molecule has 0 amide bonds. The van der Waals surface area contributed by atoms with Crippen molar-refractivity contribution in [2.24, 2.45) is 0 Å². The van der Waals surface area contributed by atoms with Crippen molar-refractivity contribution in [2.45, 2.75) is 44.6 Å². The van der Waals surface area contributed by atoms with Gasteiger partial charge < -0.3 is 10.1 Å². The highest BCUT2D eigenvalue weighted by molar-refractivity contribution is 7.89. The Balaban J connectivity index is 2.36. The predicted octanol–water partition coefficient (Wildman–Crippen LogP) is 2.19. The van der Waals surface area contributed by atoms with Crippen LogP contribution in [0.4, 0.5) is 5.69 Å². The van der Waals surface area contributed by atoms with Crippen molar-refractivity contribution in [3.8, 4) is 0 Å². The number of benzene rings is 1. The molecule has 1 unspecified atom stereocenters. The molecule has 1 fully saturated rings. The molecular formula is C15H24N2O3S. The average molecular weight is 312 g/mol. The van der Waals surface area contributed by atoms with Gasteiger partial charge in [0.25, 0.3) is 0 Å². The van der Waals surface area contributed by atoms with Crippen molar-refractivity contribution in [2.75, 3.05) is 25.1 Å². The molecule has 0 aliphatic carbocycles. The molecule has 0 saturated carbocycles. The summed E-state index contributed by atoms with van der Waals surface area (Å²) in [7, 11) is -3.55. The van der Waals surface area contributed by atoms with Crippen molar-refractivity contribution >= 4 is 15.7 Å². The van der Waals surface area contributed by atoms with Crippen molar-refractivity contribution < 1.29 is 13.2 Å². The summed E-state index contributed by atoms with van der Waals surface area (Å²) >= 11 is 0. The van der Waals surface area contributed by atoms with Gasteiger partial charge in [0.15, 0.2) is 0 Å². The van der Waals surface area contributed by atoms with E-state index in [-0.39, 0.29) is 0 Å². The maximum Gasteiger partial charge on any atom is 0.241 e. The lowest BCUT2D eigenvalue weighted by Gasteiger charge is -2.24. The SMILES string of the molecule is CCNc1cc(C)c(S(=O)(=O)NC2(C)CCOC2)c(C)c1. The zero-order chi connectivity index (χ0) is 15.7. The molecule has 118 valence electrons. The molecule has 1 aliphatic heterocycles. The van der Waals surface area contributed by atoms with Crippen molar-refractivity contribution in [3.63, 3.8) is 0 Å². The summed E-state index contributed by atoms with van der Waals surface area (Å²) < 4.78 is 33.6. The summed E-state index contributed by atoms with van der Waals surface area (Å²) in [5.41, 5.74) is 1.93. The Morgan fingerprint density at radius 3 is 2.38 bits per heavy atom. The van der Waals surface area contributed by atoms with Gasteiger partial charge in [0.1, 0.15) is 0 Å². The number of aryl methyl sites for hydroxylation is 2. The maximum absolute atomic E-state index is 12.7. The molecule has 5 nitrogen and oxygen atoms in total. The van der Waals surface area contributed by atoms with E-state index >= 15 is 0 Å². The van der Waals surface area contributed by atoms with E-state index in [1.165, 1.54) is 0 Å². The topological polar surface area (TPSA) is 67.4 Å².